The summed E-state index contributed by atoms with van der Waals surface area (Å²) in [6.07, 6.45) is 0. The second-order valence-electron chi connectivity index (χ2n) is 13.6. The molecule has 53 heavy (non-hydrogen) atoms. The Kier molecular flexibility index (Phi) is 6.57. The second-order valence-corrected chi connectivity index (χ2v) is 13.6. The van der Waals surface area contributed by atoms with E-state index in [1.807, 2.05) is 48.5 Å². The number of hydrogen-bond acceptors (Lipinski definition) is 5. The molecule has 0 aromatic heterocycles. The maximum atomic E-state index is 11.0. The number of phenolic OH excluding ortho intramolecular Hbond substituents is 5. The average Bonchev–Trinajstić information content (AvgIpc) is 3.21. The summed E-state index contributed by atoms with van der Waals surface area (Å²) in [5.41, 5.74) is 6.73. The summed E-state index contributed by atoms with van der Waals surface area (Å²) in [5.74, 6) is -4.26. The van der Waals surface area contributed by atoms with Crippen LogP contribution >= 0.6 is 0 Å². The molecule has 0 saturated heterocycles. The van der Waals surface area contributed by atoms with Gasteiger partial charge in [-0.3, -0.25) is 0 Å². The van der Waals surface area contributed by atoms with Crippen LogP contribution in [0.2, 0.25) is 0 Å². The molecule has 0 aliphatic carbocycles. The highest BCUT2D eigenvalue weighted by Gasteiger charge is 2.28. The largest absolute Gasteiger partial charge is 0.504 e. The van der Waals surface area contributed by atoms with Crippen molar-refractivity contribution in [3.05, 3.63) is 152 Å². The van der Waals surface area contributed by atoms with Crippen molar-refractivity contribution in [2.75, 3.05) is 0 Å². The van der Waals surface area contributed by atoms with Gasteiger partial charge in [0, 0.05) is 5.56 Å². The van der Waals surface area contributed by atoms with Crippen LogP contribution in [0.5, 0.6) is 28.7 Å². The smallest absolute Gasteiger partial charge is 0.208 e. The highest BCUT2D eigenvalue weighted by atomic mass is 16.4. The predicted octanol–water partition coefficient (Wildman–Crippen LogP) is 12.1. The molecule has 0 atom stereocenters. The molecule has 0 saturated carbocycles. The highest BCUT2D eigenvalue weighted by Crippen LogP contribution is 2.57. The monoisotopic (exact) mass is 686 g/mol. The van der Waals surface area contributed by atoms with Crippen LogP contribution in [0, 0.1) is 0 Å². The van der Waals surface area contributed by atoms with E-state index in [4.69, 9.17) is 0 Å². The Bertz CT molecular complexity index is 2990. The van der Waals surface area contributed by atoms with Crippen molar-refractivity contribution in [3.8, 4) is 73.3 Å². The van der Waals surface area contributed by atoms with Crippen LogP contribution in [0.15, 0.2) is 152 Å². The van der Waals surface area contributed by atoms with Crippen LogP contribution < -0.4 is 0 Å². The summed E-state index contributed by atoms with van der Waals surface area (Å²) < 4.78 is 0. The van der Waals surface area contributed by atoms with Crippen LogP contribution in [-0.4, -0.2) is 25.5 Å². The van der Waals surface area contributed by atoms with Crippen LogP contribution in [0.3, 0.4) is 0 Å². The van der Waals surface area contributed by atoms with Gasteiger partial charge in [-0.1, -0.05) is 152 Å². The van der Waals surface area contributed by atoms with E-state index in [1.165, 1.54) is 37.9 Å². The number of hydrogen-bond donors (Lipinski definition) is 5. The van der Waals surface area contributed by atoms with Crippen molar-refractivity contribution in [2.45, 2.75) is 0 Å². The van der Waals surface area contributed by atoms with Gasteiger partial charge in [-0.25, -0.2) is 0 Å². The molecule has 0 spiro atoms. The molecule has 10 aromatic carbocycles. The zero-order valence-electron chi connectivity index (χ0n) is 28.2. The van der Waals surface area contributed by atoms with Crippen LogP contribution in [0.4, 0.5) is 0 Å². The number of rotatable bonds is 4. The summed E-state index contributed by atoms with van der Waals surface area (Å²) in [6.45, 7) is 0. The lowest BCUT2D eigenvalue weighted by molar-refractivity contribution is 0.330. The Hall–Kier alpha value is -7.24. The molecule has 5 heteroatoms. The van der Waals surface area contributed by atoms with Crippen LogP contribution in [-0.2, 0) is 0 Å². The third-order valence-corrected chi connectivity index (χ3v) is 10.8. The first-order chi connectivity index (χ1) is 25.9. The Morgan fingerprint density at radius 3 is 1.21 bits per heavy atom. The van der Waals surface area contributed by atoms with E-state index in [-0.39, 0.29) is 5.56 Å². The Morgan fingerprint density at radius 2 is 0.660 bits per heavy atom. The maximum absolute atomic E-state index is 11.0. The van der Waals surface area contributed by atoms with Crippen LogP contribution in [0.1, 0.15) is 0 Å². The van der Waals surface area contributed by atoms with Gasteiger partial charge in [-0.2, -0.15) is 0 Å². The lowest BCUT2D eigenvalue weighted by atomic mass is 9.85. The molecule has 0 bridgehead atoms. The maximum Gasteiger partial charge on any atom is 0.208 e. The first-order valence-corrected chi connectivity index (χ1v) is 17.4. The summed E-state index contributed by atoms with van der Waals surface area (Å²) in [4.78, 5) is 0. The molecule has 10 aromatic rings. The molecular formula is C48H30O5. The molecule has 0 unspecified atom stereocenters. The van der Waals surface area contributed by atoms with Crippen molar-refractivity contribution in [2.24, 2.45) is 0 Å². The molecule has 0 fully saturated rings. The van der Waals surface area contributed by atoms with Crippen molar-refractivity contribution >= 4 is 53.9 Å². The normalized spacial score (nSPS) is 11.8. The molecule has 0 radical (unpaired) electrons. The standard InChI is InChI=1S/C48H30O5/c49-44-43(45(50)47(52)48(53)46(44)51)42-36-10-3-1-8-34(36)40(35-9-2-4-11-37(35)42)31-18-14-27(15-19-31)26-12-16-28(17-13-26)33-24-22-32-21-20-29-6-5-7-30-23-25-38(33)41(32)39(29)30/h1-25,49-53H. The summed E-state index contributed by atoms with van der Waals surface area (Å²) in [6, 6.07) is 52.2. The Balaban J connectivity index is 1.07. The minimum Gasteiger partial charge on any atom is -0.504 e. The number of phenols is 5. The molecule has 5 nitrogen and oxygen atoms in total. The topological polar surface area (TPSA) is 101 Å². The van der Waals surface area contributed by atoms with Crippen molar-refractivity contribution in [1.29, 1.82) is 0 Å². The zero-order chi connectivity index (χ0) is 36.0. The van der Waals surface area contributed by atoms with Crippen molar-refractivity contribution in [3.63, 3.8) is 0 Å². The molecule has 5 N–H and O–H groups in total. The van der Waals surface area contributed by atoms with E-state index in [0.717, 1.165) is 38.6 Å². The molecule has 0 amide bonds. The first kappa shape index (κ1) is 30.6. The Labute approximate surface area is 303 Å². The molecule has 0 aliphatic rings. The van der Waals surface area contributed by atoms with Crippen molar-refractivity contribution in [1.82, 2.24) is 0 Å². The fourth-order valence-electron chi connectivity index (χ4n) is 8.29. The van der Waals surface area contributed by atoms with Gasteiger partial charge in [-0.05, 0) is 87.2 Å². The average molecular weight is 687 g/mol. The summed E-state index contributed by atoms with van der Waals surface area (Å²) >= 11 is 0. The molecular weight excluding hydrogens is 657 g/mol. The van der Waals surface area contributed by atoms with E-state index in [1.54, 1.807) is 0 Å². The Morgan fingerprint density at radius 1 is 0.245 bits per heavy atom. The predicted molar refractivity (Wildman–Crippen MR) is 215 cm³/mol. The summed E-state index contributed by atoms with van der Waals surface area (Å²) in [7, 11) is 0. The third kappa shape index (κ3) is 4.44. The van der Waals surface area contributed by atoms with E-state index >= 15 is 0 Å². The minimum atomic E-state index is -0.990. The van der Waals surface area contributed by atoms with Gasteiger partial charge < -0.3 is 25.5 Å². The van der Waals surface area contributed by atoms with Crippen LogP contribution in [0.25, 0.3) is 98.4 Å². The van der Waals surface area contributed by atoms with E-state index in [2.05, 4.69) is 103 Å². The fourth-order valence-corrected chi connectivity index (χ4v) is 8.29. The second kappa shape index (κ2) is 11.4. The quantitative estimate of drug-likeness (QED) is 0.0549. The fraction of sp³-hybridized carbons (Fsp3) is 0. The third-order valence-electron chi connectivity index (χ3n) is 10.8. The van der Waals surface area contributed by atoms with Gasteiger partial charge >= 0.3 is 0 Å². The van der Waals surface area contributed by atoms with E-state index in [0.29, 0.717) is 16.3 Å². The number of aromatic hydroxyl groups is 5. The van der Waals surface area contributed by atoms with Gasteiger partial charge in [-0.15, -0.1) is 0 Å². The highest BCUT2D eigenvalue weighted by molar-refractivity contribution is 6.26. The molecule has 10 rings (SSSR count). The van der Waals surface area contributed by atoms with E-state index in [9.17, 15) is 25.5 Å². The number of fused-ring (bicyclic) bond motifs is 2. The lowest BCUT2D eigenvalue weighted by Crippen LogP contribution is -1.92. The van der Waals surface area contributed by atoms with Crippen molar-refractivity contribution < 1.29 is 25.5 Å². The van der Waals surface area contributed by atoms with Gasteiger partial charge in [0.15, 0.2) is 11.5 Å². The van der Waals surface area contributed by atoms with Gasteiger partial charge in [0.1, 0.15) is 0 Å². The minimum absolute atomic E-state index is 0.169. The first-order valence-electron chi connectivity index (χ1n) is 17.4. The SMILES string of the molecule is Oc1c(O)c(O)c(-c2c3ccccc3c(-c3ccc(-c4ccc(-c5ccc6ccc7cccc8ccc5c6c78)cc4)cc3)c3ccccc23)c(O)c1O. The van der Waals surface area contributed by atoms with E-state index < -0.39 is 28.7 Å². The van der Waals surface area contributed by atoms with Gasteiger partial charge in [0.2, 0.25) is 17.2 Å². The molecule has 0 aliphatic heterocycles. The number of benzene rings is 10. The molecule has 252 valence electrons. The lowest BCUT2D eigenvalue weighted by Gasteiger charge is -2.20. The zero-order valence-corrected chi connectivity index (χ0v) is 28.2. The van der Waals surface area contributed by atoms with Gasteiger partial charge in [0.25, 0.3) is 0 Å². The van der Waals surface area contributed by atoms with Gasteiger partial charge in [0.05, 0.1) is 5.56 Å². The molecule has 0 heterocycles. The summed E-state index contributed by atoms with van der Waals surface area (Å²) in [5, 5.41) is 63.6.